The summed E-state index contributed by atoms with van der Waals surface area (Å²) in [5.41, 5.74) is 0.994. The van der Waals surface area contributed by atoms with Gasteiger partial charge in [-0.2, -0.15) is 0 Å². The minimum Gasteiger partial charge on any atom is -0.497 e. The second kappa shape index (κ2) is 6.32. The van der Waals surface area contributed by atoms with Crippen LogP contribution in [0.15, 0.2) is 35.5 Å². The molecule has 1 atom stereocenters. The largest absolute Gasteiger partial charge is 0.497 e. The van der Waals surface area contributed by atoms with Gasteiger partial charge in [-0.1, -0.05) is 12.1 Å². The van der Waals surface area contributed by atoms with Gasteiger partial charge in [-0.05, 0) is 45.4 Å². The average Bonchev–Trinajstić information content (AvgIpc) is 2.44. The molecule has 1 aliphatic heterocycles. The highest BCUT2D eigenvalue weighted by Gasteiger charge is 2.34. The van der Waals surface area contributed by atoms with Crippen molar-refractivity contribution >= 4 is 12.0 Å². The van der Waals surface area contributed by atoms with Gasteiger partial charge >= 0.3 is 12.0 Å². The molecule has 0 spiro atoms. The van der Waals surface area contributed by atoms with Gasteiger partial charge in [-0.25, -0.2) is 9.59 Å². The molecule has 0 aromatic heterocycles. The third-order valence-electron chi connectivity index (χ3n) is 3.32. The highest BCUT2D eigenvalue weighted by Crippen LogP contribution is 2.30. The Labute approximate surface area is 135 Å². The lowest BCUT2D eigenvalue weighted by Crippen LogP contribution is -2.46. The van der Waals surface area contributed by atoms with Crippen molar-refractivity contribution in [2.24, 2.45) is 0 Å². The molecule has 2 rings (SSSR count). The molecule has 0 unspecified atom stereocenters. The summed E-state index contributed by atoms with van der Waals surface area (Å²) in [5.74, 6) is 0.187. The van der Waals surface area contributed by atoms with Crippen LogP contribution in [0, 0.1) is 0 Å². The summed E-state index contributed by atoms with van der Waals surface area (Å²) in [7, 11) is 1.57. The van der Waals surface area contributed by atoms with Gasteiger partial charge in [0.05, 0.1) is 18.7 Å². The fourth-order valence-corrected chi connectivity index (χ4v) is 2.37. The number of amides is 2. The van der Waals surface area contributed by atoms with E-state index in [4.69, 9.17) is 9.47 Å². The zero-order chi connectivity index (χ0) is 17.2. The van der Waals surface area contributed by atoms with Gasteiger partial charge in [0.15, 0.2) is 0 Å². The molecular weight excluding hydrogens is 296 g/mol. The number of methoxy groups -OCH3 is 1. The lowest BCUT2D eigenvalue weighted by atomic mass is 9.95. The Hall–Kier alpha value is -2.50. The molecule has 124 valence electrons. The Morgan fingerprint density at radius 2 is 1.96 bits per heavy atom. The number of benzene rings is 1. The normalized spacial score (nSPS) is 18.1. The maximum Gasteiger partial charge on any atom is 0.338 e. The number of esters is 1. The molecule has 1 aromatic rings. The van der Waals surface area contributed by atoms with Gasteiger partial charge in [0.2, 0.25) is 0 Å². The maximum atomic E-state index is 12.6. The van der Waals surface area contributed by atoms with E-state index < -0.39 is 17.6 Å². The minimum atomic E-state index is -0.620. The van der Waals surface area contributed by atoms with Crippen LogP contribution < -0.4 is 15.4 Å². The second-order valence-electron chi connectivity index (χ2n) is 6.35. The van der Waals surface area contributed by atoms with Crippen molar-refractivity contribution in [2.45, 2.75) is 39.3 Å². The average molecular weight is 318 g/mol. The highest BCUT2D eigenvalue weighted by molar-refractivity contribution is 5.95. The van der Waals surface area contributed by atoms with Gasteiger partial charge in [-0.3, -0.25) is 0 Å². The van der Waals surface area contributed by atoms with E-state index in [1.807, 2.05) is 12.1 Å². The van der Waals surface area contributed by atoms with E-state index in [1.54, 1.807) is 46.9 Å². The molecule has 0 saturated heterocycles. The molecule has 0 saturated carbocycles. The van der Waals surface area contributed by atoms with Crippen molar-refractivity contribution in [1.29, 1.82) is 0 Å². The Morgan fingerprint density at radius 3 is 2.57 bits per heavy atom. The summed E-state index contributed by atoms with van der Waals surface area (Å²) in [5, 5.41) is 5.39. The monoisotopic (exact) mass is 318 g/mol. The lowest BCUT2D eigenvalue weighted by Gasteiger charge is -2.30. The van der Waals surface area contributed by atoms with Crippen molar-refractivity contribution in [2.75, 3.05) is 7.11 Å². The van der Waals surface area contributed by atoms with Crippen LogP contribution in [-0.2, 0) is 9.53 Å². The predicted molar refractivity (Wildman–Crippen MR) is 85.9 cm³/mol. The zero-order valence-electron chi connectivity index (χ0n) is 14.0. The summed E-state index contributed by atoms with van der Waals surface area (Å²) >= 11 is 0. The van der Waals surface area contributed by atoms with E-state index >= 15 is 0 Å². The molecule has 6 nitrogen and oxygen atoms in total. The SMILES string of the molecule is COc1cccc([C@@H]2NC(=O)NC(C)=C2C(=O)OC(C)(C)C)c1. The van der Waals surface area contributed by atoms with Crippen molar-refractivity contribution in [3.8, 4) is 5.75 Å². The molecule has 23 heavy (non-hydrogen) atoms. The van der Waals surface area contributed by atoms with Crippen LogP contribution >= 0.6 is 0 Å². The number of allylic oxidation sites excluding steroid dienone is 1. The van der Waals surface area contributed by atoms with E-state index in [0.29, 0.717) is 17.0 Å². The van der Waals surface area contributed by atoms with Crippen LogP contribution in [0.25, 0.3) is 0 Å². The molecule has 2 amide bonds. The van der Waals surface area contributed by atoms with Crippen LogP contribution in [0.5, 0.6) is 5.75 Å². The number of hydrogen-bond donors (Lipinski definition) is 2. The lowest BCUT2D eigenvalue weighted by molar-refractivity contribution is -0.150. The van der Waals surface area contributed by atoms with Crippen molar-refractivity contribution < 1.29 is 19.1 Å². The summed E-state index contributed by atoms with van der Waals surface area (Å²) in [6, 6.07) is 6.28. The van der Waals surface area contributed by atoms with E-state index in [0.717, 1.165) is 5.56 Å². The van der Waals surface area contributed by atoms with E-state index in [2.05, 4.69) is 10.6 Å². The standard InChI is InChI=1S/C17H22N2O4/c1-10-13(15(20)23-17(2,3)4)14(19-16(21)18-10)11-7-6-8-12(9-11)22-5/h6-9,14H,1-5H3,(H2,18,19,21)/t14-/m0/s1. The van der Waals surface area contributed by atoms with E-state index in [-0.39, 0.29) is 6.03 Å². The van der Waals surface area contributed by atoms with Crippen molar-refractivity contribution in [3.05, 3.63) is 41.1 Å². The number of rotatable bonds is 3. The minimum absolute atomic E-state index is 0.359. The van der Waals surface area contributed by atoms with Crippen molar-refractivity contribution in [1.82, 2.24) is 10.6 Å². The highest BCUT2D eigenvalue weighted by atomic mass is 16.6. The van der Waals surface area contributed by atoms with E-state index in [9.17, 15) is 9.59 Å². The molecule has 0 bridgehead atoms. The van der Waals surface area contributed by atoms with Crippen LogP contribution in [0.2, 0.25) is 0 Å². The van der Waals surface area contributed by atoms with Crippen molar-refractivity contribution in [3.63, 3.8) is 0 Å². The first kappa shape index (κ1) is 16.9. The number of urea groups is 1. The van der Waals surface area contributed by atoms with E-state index in [1.165, 1.54) is 0 Å². The van der Waals surface area contributed by atoms with Gasteiger partial charge in [-0.15, -0.1) is 0 Å². The fourth-order valence-electron chi connectivity index (χ4n) is 2.37. The smallest absolute Gasteiger partial charge is 0.338 e. The maximum absolute atomic E-state index is 12.6. The molecule has 2 N–H and O–H groups in total. The first-order chi connectivity index (χ1) is 10.7. The van der Waals surface area contributed by atoms with Crippen LogP contribution in [-0.4, -0.2) is 24.7 Å². The number of nitrogens with one attached hydrogen (secondary N) is 2. The summed E-state index contributed by atoms with van der Waals surface area (Å²) in [4.78, 5) is 24.4. The summed E-state index contributed by atoms with van der Waals surface area (Å²) in [6.45, 7) is 7.09. The van der Waals surface area contributed by atoms with Gasteiger partial charge in [0.1, 0.15) is 11.4 Å². The number of ether oxygens (including phenoxy) is 2. The quantitative estimate of drug-likeness (QED) is 0.840. The molecule has 0 aliphatic carbocycles. The van der Waals surface area contributed by atoms with Crippen LogP contribution in [0.3, 0.4) is 0 Å². The third-order valence-corrected chi connectivity index (χ3v) is 3.32. The third kappa shape index (κ3) is 4.03. The molecular formula is C17H22N2O4. The number of carbonyl (C=O) groups excluding carboxylic acids is 2. The summed E-state index contributed by atoms with van der Waals surface area (Å²) in [6.07, 6.45) is 0. The Balaban J connectivity index is 2.43. The zero-order valence-corrected chi connectivity index (χ0v) is 14.0. The first-order valence-corrected chi connectivity index (χ1v) is 7.37. The fraction of sp³-hybridized carbons (Fsp3) is 0.412. The van der Waals surface area contributed by atoms with Gasteiger partial charge in [0.25, 0.3) is 0 Å². The molecule has 0 fully saturated rings. The number of hydrogen-bond acceptors (Lipinski definition) is 4. The Kier molecular flexibility index (Phi) is 4.63. The first-order valence-electron chi connectivity index (χ1n) is 7.37. The number of carbonyl (C=O) groups is 2. The molecule has 1 aliphatic rings. The van der Waals surface area contributed by atoms with Crippen LogP contribution in [0.1, 0.15) is 39.3 Å². The molecule has 1 aromatic carbocycles. The topological polar surface area (TPSA) is 76.7 Å². The summed E-state index contributed by atoms with van der Waals surface area (Å²) < 4.78 is 10.7. The second-order valence-corrected chi connectivity index (χ2v) is 6.35. The Bertz CT molecular complexity index is 659. The van der Waals surface area contributed by atoms with Gasteiger partial charge < -0.3 is 20.1 Å². The van der Waals surface area contributed by atoms with Crippen LogP contribution in [0.4, 0.5) is 4.79 Å². The molecule has 6 heteroatoms. The molecule has 1 heterocycles. The molecule has 0 radical (unpaired) electrons. The predicted octanol–water partition coefficient (Wildman–Crippen LogP) is 2.66. The van der Waals surface area contributed by atoms with Gasteiger partial charge in [0, 0.05) is 5.70 Å². The Morgan fingerprint density at radius 1 is 1.26 bits per heavy atom.